The lowest BCUT2D eigenvalue weighted by Crippen LogP contribution is -2.46. The van der Waals surface area contributed by atoms with Gasteiger partial charge >= 0.3 is 6.18 Å². The fourth-order valence-corrected chi connectivity index (χ4v) is 4.51. The molecule has 4 aromatic rings. The van der Waals surface area contributed by atoms with E-state index in [0.29, 0.717) is 13.2 Å². The molecular formula is C29H24F3N5O2. The molecular weight excluding hydrogens is 507 g/mol. The van der Waals surface area contributed by atoms with E-state index in [0.717, 1.165) is 18.6 Å². The summed E-state index contributed by atoms with van der Waals surface area (Å²) in [6, 6.07) is 23.4. The van der Waals surface area contributed by atoms with E-state index in [2.05, 4.69) is 58.7 Å². The van der Waals surface area contributed by atoms with Crippen LogP contribution in [0, 0.1) is 11.5 Å². The van der Waals surface area contributed by atoms with E-state index in [1.807, 2.05) is 6.19 Å². The predicted molar refractivity (Wildman–Crippen MR) is 140 cm³/mol. The lowest BCUT2D eigenvalue weighted by Gasteiger charge is -2.28. The quantitative estimate of drug-likeness (QED) is 0.180. The number of benzene rings is 3. The Labute approximate surface area is 222 Å². The largest absolute Gasteiger partial charge is 0.416 e. The summed E-state index contributed by atoms with van der Waals surface area (Å²) >= 11 is 0. The number of hydrogen-bond acceptors (Lipinski definition) is 6. The third kappa shape index (κ3) is 5.94. The van der Waals surface area contributed by atoms with E-state index >= 15 is 0 Å². The molecule has 0 bridgehead atoms. The molecule has 1 aliphatic carbocycles. The summed E-state index contributed by atoms with van der Waals surface area (Å²) in [4.78, 5) is 5.54. The minimum atomic E-state index is -4.45. The topological polar surface area (TPSA) is 101 Å². The molecule has 3 aromatic carbocycles. The van der Waals surface area contributed by atoms with Gasteiger partial charge in [-0.2, -0.15) is 23.4 Å². The number of hydrogen-bond donors (Lipinski definition) is 1. The number of rotatable bonds is 3. The molecule has 2 heterocycles. The minimum absolute atomic E-state index is 0.0348. The molecule has 1 aliphatic heterocycles. The van der Waals surface area contributed by atoms with Crippen molar-refractivity contribution < 1.29 is 22.4 Å². The molecule has 2 N–H and O–H groups in total. The number of nitriles is 1. The Hall–Kier alpha value is -4.62. The summed E-state index contributed by atoms with van der Waals surface area (Å²) in [5.41, 5.74) is 11.3. The number of alkyl halides is 3. The number of fused-ring (bicyclic) bond motifs is 3. The molecule has 39 heavy (non-hydrogen) atoms. The molecule has 0 radical (unpaired) electrons. The third-order valence-corrected chi connectivity index (χ3v) is 6.47. The molecule has 0 saturated carbocycles. The fourth-order valence-electron chi connectivity index (χ4n) is 4.51. The Kier molecular flexibility index (Phi) is 7.34. The molecule has 1 atom stereocenters. The predicted octanol–water partition coefficient (Wildman–Crippen LogP) is 5.79. The third-order valence-electron chi connectivity index (χ3n) is 6.47. The maximum atomic E-state index is 12.8. The molecule has 6 rings (SSSR count). The molecule has 7 nitrogen and oxygen atoms in total. The van der Waals surface area contributed by atoms with Gasteiger partial charge in [0.15, 0.2) is 6.19 Å². The van der Waals surface area contributed by atoms with Gasteiger partial charge in [0, 0.05) is 11.6 Å². The first kappa shape index (κ1) is 26.0. The van der Waals surface area contributed by atoms with Crippen LogP contribution < -0.4 is 5.73 Å². The van der Waals surface area contributed by atoms with Gasteiger partial charge < -0.3 is 19.9 Å². The van der Waals surface area contributed by atoms with E-state index in [4.69, 9.17) is 20.3 Å². The molecule has 1 saturated heterocycles. The number of aliphatic imine (C=N–C) groups is 1. The zero-order chi connectivity index (χ0) is 27.4. The molecule has 0 spiro atoms. The number of morpholine rings is 1. The van der Waals surface area contributed by atoms with E-state index in [1.54, 1.807) is 0 Å². The second-order valence-corrected chi connectivity index (χ2v) is 9.06. The van der Waals surface area contributed by atoms with Crippen LogP contribution in [0.4, 0.5) is 19.1 Å². The summed E-state index contributed by atoms with van der Waals surface area (Å²) < 4.78 is 48.9. The van der Waals surface area contributed by atoms with Gasteiger partial charge in [-0.1, -0.05) is 65.8 Å². The SMILES string of the molecule is N#CN1CCOC(C(N)=Nc2cc(-c3cccc(C(F)(F)F)c3)no2)C1.c1ccc2c(c1)Cc1ccccc1-2. The van der Waals surface area contributed by atoms with Crippen molar-refractivity contribution in [3.8, 4) is 28.6 Å². The van der Waals surface area contributed by atoms with E-state index < -0.39 is 17.8 Å². The molecule has 0 amide bonds. The summed E-state index contributed by atoms with van der Waals surface area (Å²) in [6.07, 6.45) is -1.91. The van der Waals surface area contributed by atoms with Gasteiger partial charge in [0.1, 0.15) is 17.6 Å². The molecule has 10 heteroatoms. The van der Waals surface area contributed by atoms with Gasteiger partial charge in [0.25, 0.3) is 5.88 Å². The maximum absolute atomic E-state index is 12.8. The van der Waals surface area contributed by atoms with E-state index in [-0.39, 0.29) is 29.5 Å². The van der Waals surface area contributed by atoms with Crippen LogP contribution in [0.2, 0.25) is 0 Å². The fraction of sp³-hybridized carbons (Fsp3) is 0.207. The van der Waals surface area contributed by atoms with Crippen LogP contribution >= 0.6 is 0 Å². The normalized spacial score (nSPS) is 16.5. The van der Waals surface area contributed by atoms with Gasteiger partial charge in [0.2, 0.25) is 0 Å². The van der Waals surface area contributed by atoms with Gasteiger partial charge in [-0.15, -0.1) is 0 Å². The smallest absolute Gasteiger partial charge is 0.385 e. The number of nitrogens with zero attached hydrogens (tertiary/aromatic N) is 4. The van der Waals surface area contributed by atoms with Crippen molar-refractivity contribution in [1.82, 2.24) is 10.1 Å². The van der Waals surface area contributed by atoms with Crippen LogP contribution in [0.25, 0.3) is 22.4 Å². The van der Waals surface area contributed by atoms with Gasteiger partial charge in [0.05, 0.1) is 25.3 Å². The highest BCUT2D eigenvalue weighted by molar-refractivity contribution is 5.87. The Morgan fingerprint density at radius 2 is 1.69 bits per heavy atom. The first-order valence-corrected chi connectivity index (χ1v) is 12.2. The molecule has 1 unspecified atom stereocenters. The Morgan fingerprint density at radius 1 is 1.00 bits per heavy atom. The first-order valence-electron chi connectivity index (χ1n) is 12.2. The van der Waals surface area contributed by atoms with Crippen LogP contribution in [-0.2, 0) is 17.3 Å². The van der Waals surface area contributed by atoms with Crippen LogP contribution in [0.3, 0.4) is 0 Å². The lowest BCUT2D eigenvalue weighted by atomic mass is 10.1. The first-order chi connectivity index (χ1) is 18.8. The van der Waals surface area contributed by atoms with Crippen molar-refractivity contribution in [3.63, 3.8) is 0 Å². The number of nitrogens with two attached hydrogens (primary N) is 1. The average Bonchev–Trinajstić information content (AvgIpc) is 3.58. The Balaban J connectivity index is 0.000000196. The van der Waals surface area contributed by atoms with Crippen molar-refractivity contribution in [2.24, 2.45) is 10.7 Å². The number of halogens is 3. The van der Waals surface area contributed by atoms with E-state index in [1.165, 1.54) is 45.4 Å². The standard InChI is InChI=1S/C16H14F3N5O2.C13H10/c17-16(18,19)11-3-1-2-10(6-11)12-7-14(26-23-12)22-15(21)13-8-24(9-20)4-5-25-13;1-3-7-12-10(5-1)9-11-6-2-4-8-13(11)12/h1-3,6-7,13H,4-5,8H2,(H2,21,22);1-8H,9H2. The maximum Gasteiger partial charge on any atom is 0.416 e. The van der Waals surface area contributed by atoms with Crippen molar-refractivity contribution in [2.45, 2.75) is 18.7 Å². The highest BCUT2D eigenvalue weighted by Gasteiger charge is 2.30. The molecule has 1 fully saturated rings. The van der Waals surface area contributed by atoms with Crippen molar-refractivity contribution in [1.29, 1.82) is 5.26 Å². The van der Waals surface area contributed by atoms with Crippen LogP contribution in [-0.4, -0.2) is 41.7 Å². The summed E-state index contributed by atoms with van der Waals surface area (Å²) in [7, 11) is 0. The van der Waals surface area contributed by atoms with Gasteiger partial charge in [-0.05, 0) is 40.8 Å². The van der Waals surface area contributed by atoms with Crippen LogP contribution in [0.1, 0.15) is 16.7 Å². The number of aromatic nitrogens is 1. The molecule has 1 aromatic heterocycles. The second kappa shape index (κ2) is 11.0. The second-order valence-electron chi connectivity index (χ2n) is 9.06. The van der Waals surface area contributed by atoms with Crippen LogP contribution in [0.5, 0.6) is 0 Å². The average molecular weight is 532 g/mol. The van der Waals surface area contributed by atoms with Crippen molar-refractivity contribution >= 4 is 11.7 Å². The summed E-state index contributed by atoms with van der Waals surface area (Å²) in [5, 5.41) is 12.7. The Morgan fingerprint density at radius 3 is 2.36 bits per heavy atom. The monoisotopic (exact) mass is 531 g/mol. The summed E-state index contributed by atoms with van der Waals surface area (Å²) in [6.45, 7) is 1.07. The highest BCUT2D eigenvalue weighted by Crippen LogP contribution is 2.36. The van der Waals surface area contributed by atoms with Gasteiger partial charge in [-0.3, -0.25) is 0 Å². The highest BCUT2D eigenvalue weighted by atomic mass is 19.4. The number of amidine groups is 1. The van der Waals surface area contributed by atoms with Crippen molar-refractivity contribution in [2.75, 3.05) is 19.7 Å². The zero-order valence-corrected chi connectivity index (χ0v) is 20.7. The molecule has 198 valence electrons. The Bertz CT molecular complexity index is 1500. The zero-order valence-electron chi connectivity index (χ0n) is 20.7. The van der Waals surface area contributed by atoms with Crippen LogP contribution in [0.15, 0.2) is 88.4 Å². The lowest BCUT2D eigenvalue weighted by molar-refractivity contribution is -0.137. The summed E-state index contributed by atoms with van der Waals surface area (Å²) in [5.74, 6) is 0.129. The minimum Gasteiger partial charge on any atom is -0.385 e. The van der Waals surface area contributed by atoms with Crippen molar-refractivity contribution in [3.05, 3.63) is 95.6 Å². The number of ether oxygens (including phenoxy) is 1. The molecule has 2 aliphatic rings. The van der Waals surface area contributed by atoms with E-state index in [9.17, 15) is 13.2 Å². The van der Waals surface area contributed by atoms with Gasteiger partial charge in [-0.25, -0.2) is 0 Å².